The fraction of sp³-hybridized carbons (Fsp3) is 0.346. The van der Waals surface area contributed by atoms with Crippen LogP contribution in [0.4, 0.5) is 5.69 Å². The van der Waals surface area contributed by atoms with E-state index < -0.39 is 11.5 Å². The van der Waals surface area contributed by atoms with Gasteiger partial charge in [-0.15, -0.1) is 0 Å². The molecule has 5 rings (SSSR count). The van der Waals surface area contributed by atoms with Crippen molar-refractivity contribution in [2.75, 3.05) is 5.32 Å². The van der Waals surface area contributed by atoms with Gasteiger partial charge in [0.15, 0.2) is 0 Å². The van der Waals surface area contributed by atoms with Gasteiger partial charge in [0.2, 0.25) is 0 Å². The number of hydrogen-bond acceptors (Lipinski definition) is 2. The number of carboxylic acids is 1. The first-order chi connectivity index (χ1) is 14.5. The largest absolute Gasteiger partial charge is 0.480 e. The van der Waals surface area contributed by atoms with E-state index in [2.05, 4.69) is 41.7 Å². The summed E-state index contributed by atoms with van der Waals surface area (Å²) in [5.74, 6) is -0.783. The van der Waals surface area contributed by atoms with Gasteiger partial charge >= 0.3 is 5.97 Å². The van der Waals surface area contributed by atoms with E-state index in [9.17, 15) is 9.90 Å². The van der Waals surface area contributed by atoms with Crippen LogP contribution in [-0.4, -0.2) is 16.6 Å². The number of anilines is 1. The summed E-state index contributed by atoms with van der Waals surface area (Å²) in [5.41, 5.74) is 5.30. The van der Waals surface area contributed by atoms with Crippen molar-refractivity contribution >= 4 is 29.3 Å². The highest BCUT2D eigenvalue weighted by molar-refractivity contribution is 6.30. The molecule has 0 aromatic heterocycles. The molecule has 3 aliphatic carbocycles. The second kappa shape index (κ2) is 7.31. The molecule has 0 unspecified atom stereocenters. The summed E-state index contributed by atoms with van der Waals surface area (Å²) in [4.78, 5) is 12.4. The standard InChI is InChI=1S/C26H26ClNO2/c27-20-9-5-10-21(17-20)28-26(24(29)30)14-12-25(13-15-26)22-11-4-3-8-19(22)16-23(25)18-6-1-2-7-18/h3-6,8-11,16-17,28H,1-2,7,12-15H2,(H,29,30). The maximum absolute atomic E-state index is 12.4. The quantitative estimate of drug-likeness (QED) is 0.587. The van der Waals surface area contributed by atoms with Crippen molar-refractivity contribution in [1.82, 2.24) is 0 Å². The van der Waals surface area contributed by atoms with E-state index in [1.165, 1.54) is 28.7 Å². The minimum Gasteiger partial charge on any atom is -0.480 e. The fourth-order valence-electron chi connectivity index (χ4n) is 5.69. The smallest absolute Gasteiger partial charge is 0.329 e. The average molecular weight is 420 g/mol. The topological polar surface area (TPSA) is 49.3 Å². The molecule has 154 valence electrons. The molecule has 1 fully saturated rings. The Kier molecular flexibility index (Phi) is 4.74. The fourth-order valence-corrected chi connectivity index (χ4v) is 5.88. The number of carboxylic acid groups (broad SMARTS) is 1. The molecule has 2 aromatic carbocycles. The highest BCUT2D eigenvalue weighted by atomic mass is 35.5. The highest BCUT2D eigenvalue weighted by Gasteiger charge is 2.52. The maximum Gasteiger partial charge on any atom is 0.329 e. The molecule has 30 heavy (non-hydrogen) atoms. The van der Waals surface area contributed by atoms with Crippen molar-refractivity contribution in [1.29, 1.82) is 0 Å². The van der Waals surface area contributed by atoms with Gasteiger partial charge in [-0.25, -0.2) is 4.79 Å². The zero-order valence-electron chi connectivity index (χ0n) is 17.0. The first-order valence-electron chi connectivity index (χ1n) is 10.8. The Morgan fingerprint density at radius 2 is 1.83 bits per heavy atom. The molecule has 0 amide bonds. The summed E-state index contributed by atoms with van der Waals surface area (Å²) in [6, 6.07) is 16.0. The number of rotatable bonds is 4. The number of benzene rings is 2. The van der Waals surface area contributed by atoms with Gasteiger partial charge in [-0.1, -0.05) is 54.1 Å². The van der Waals surface area contributed by atoms with Gasteiger partial charge in [-0.05, 0) is 85.4 Å². The van der Waals surface area contributed by atoms with Crippen LogP contribution in [-0.2, 0) is 10.2 Å². The molecule has 2 aromatic rings. The number of hydrogen-bond donors (Lipinski definition) is 2. The molecule has 2 N–H and O–H groups in total. The molecule has 4 heteroatoms. The summed E-state index contributed by atoms with van der Waals surface area (Å²) in [7, 11) is 0. The van der Waals surface area contributed by atoms with Crippen molar-refractivity contribution in [2.24, 2.45) is 0 Å². The van der Waals surface area contributed by atoms with E-state index in [1.807, 2.05) is 12.1 Å². The van der Waals surface area contributed by atoms with Crippen molar-refractivity contribution in [3.05, 3.63) is 81.9 Å². The van der Waals surface area contributed by atoms with Crippen LogP contribution in [0.2, 0.25) is 5.02 Å². The predicted octanol–water partition coefficient (Wildman–Crippen LogP) is 6.59. The predicted molar refractivity (Wildman–Crippen MR) is 122 cm³/mol. The Bertz CT molecular complexity index is 1060. The summed E-state index contributed by atoms with van der Waals surface area (Å²) >= 11 is 6.13. The van der Waals surface area contributed by atoms with E-state index in [0.29, 0.717) is 17.9 Å². The number of aliphatic carboxylic acids is 1. The van der Waals surface area contributed by atoms with E-state index in [1.54, 1.807) is 12.1 Å². The molecule has 1 spiro atoms. The van der Waals surface area contributed by atoms with Crippen molar-refractivity contribution in [3.8, 4) is 0 Å². The molecule has 0 bridgehead atoms. The Morgan fingerprint density at radius 1 is 1.03 bits per heavy atom. The van der Waals surface area contributed by atoms with Crippen LogP contribution < -0.4 is 5.32 Å². The molecule has 0 aliphatic heterocycles. The first-order valence-corrected chi connectivity index (χ1v) is 11.2. The number of fused-ring (bicyclic) bond motifs is 2. The lowest BCUT2D eigenvalue weighted by atomic mass is 9.61. The Balaban J connectivity index is 1.49. The zero-order chi connectivity index (χ0) is 20.8. The molecule has 0 atom stereocenters. The average Bonchev–Trinajstić information content (AvgIpc) is 3.37. The van der Waals surface area contributed by atoms with Crippen LogP contribution in [0, 0.1) is 0 Å². The van der Waals surface area contributed by atoms with Crippen LogP contribution in [0.1, 0.15) is 56.1 Å². The summed E-state index contributed by atoms with van der Waals surface area (Å²) in [5, 5.41) is 14.1. The Morgan fingerprint density at radius 3 is 2.53 bits per heavy atom. The molecule has 1 saturated carbocycles. The van der Waals surface area contributed by atoms with E-state index in [-0.39, 0.29) is 5.41 Å². The number of allylic oxidation sites excluding steroid dienone is 3. The molecule has 3 aliphatic rings. The maximum atomic E-state index is 12.4. The molecular formula is C26H26ClNO2. The third-order valence-corrected chi connectivity index (χ3v) is 7.49. The molecule has 0 saturated heterocycles. The van der Waals surface area contributed by atoms with Crippen LogP contribution in [0.15, 0.2) is 65.8 Å². The van der Waals surface area contributed by atoms with Crippen molar-refractivity contribution in [3.63, 3.8) is 0 Å². The Labute approximate surface area is 182 Å². The minimum atomic E-state index is -0.970. The van der Waals surface area contributed by atoms with Gasteiger partial charge < -0.3 is 10.4 Å². The van der Waals surface area contributed by atoms with Crippen LogP contribution in [0.5, 0.6) is 0 Å². The van der Waals surface area contributed by atoms with Gasteiger partial charge in [0.25, 0.3) is 0 Å². The third kappa shape index (κ3) is 3.07. The van der Waals surface area contributed by atoms with Crippen LogP contribution in [0.25, 0.3) is 6.08 Å². The van der Waals surface area contributed by atoms with Gasteiger partial charge in [-0.2, -0.15) is 0 Å². The minimum absolute atomic E-state index is 0.0677. The van der Waals surface area contributed by atoms with E-state index in [4.69, 9.17) is 11.6 Å². The summed E-state index contributed by atoms with van der Waals surface area (Å²) in [6.07, 6.45) is 11.1. The normalized spacial score (nSPS) is 27.5. The first kappa shape index (κ1) is 19.4. The summed E-state index contributed by atoms with van der Waals surface area (Å²) in [6.45, 7) is 0. The SMILES string of the molecule is O=C(O)C1(Nc2cccc(Cl)c2)CCC2(CC1)C(C1=CCCC1)=Cc1ccccc12. The van der Waals surface area contributed by atoms with E-state index >= 15 is 0 Å². The van der Waals surface area contributed by atoms with Gasteiger partial charge in [0.1, 0.15) is 5.54 Å². The lowest BCUT2D eigenvalue weighted by Gasteiger charge is -2.45. The molecule has 0 radical (unpaired) electrons. The third-order valence-electron chi connectivity index (χ3n) is 7.25. The molecule has 3 nitrogen and oxygen atoms in total. The Hall–Kier alpha value is -2.52. The van der Waals surface area contributed by atoms with Crippen molar-refractivity contribution < 1.29 is 9.90 Å². The van der Waals surface area contributed by atoms with Crippen LogP contribution in [0.3, 0.4) is 0 Å². The van der Waals surface area contributed by atoms with Crippen LogP contribution >= 0.6 is 11.6 Å². The summed E-state index contributed by atoms with van der Waals surface area (Å²) < 4.78 is 0. The molecule has 0 heterocycles. The number of halogens is 1. The molecular weight excluding hydrogens is 394 g/mol. The highest BCUT2D eigenvalue weighted by Crippen LogP contribution is 2.56. The second-order valence-corrected chi connectivity index (χ2v) is 9.31. The van der Waals surface area contributed by atoms with Gasteiger partial charge in [0.05, 0.1) is 0 Å². The second-order valence-electron chi connectivity index (χ2n) is 8.87. The lowest BCUT2D eigenvalue weighted by Crippen LogP contribution is -2.52. The number of carbonyl (C=O) groups is 1. The van der Waals surface area contributed by atoms with E-state index in [0.717, 1.165) is 31.4 Å². The van der Waals surface area contributed by atoms with Gasteiger partial charge in [-0.3, -0.25) is 0 Å². The lowest BCUT2D eigenvalue weighted by molar-refractivity contribution is -0.143. The van der Waals surface area contributed by atoms with Gasteiger partial charge in [0, 0.05) is 16.1 Å². The van der Waals surface area contributed by atoms with Crippen molar-refractivity contribution in [2.45, 2.75) is 55.9 Å². The number of nitrogens with one attached hydrogen (secondary N) is 1. The zero-order valence-corrected chi connectivity index (χ0v) is 17.7. The monoisotopic (exact) mass is 419 g/mol.